The highest BCUT2D eigenvalue weighted by atomic mass is 14.5. The maximum absolute atomic E-state index is 3.97. The summed E-state index contributed by atoms with van der Waals surface area (Å²) in [5, 5.41) is 0. The van der Waals surface area contributed by atoms with Crippen LogP contribution in [0.1, 0.15) is 12.8 Å². The van der Waals surface area contributed by atoms with E-state index in [1.54, 1.807) is 0 Å². The van der Waals surface area contributed by atoms with E-state index in [1.165, 1.54) is 24.0 Å². The first-order valence-corrected chi connectivity index (χ1v) is 3.17. The molecule has 0 bridgehead atoms. The molecule has 0 amide bonds. The fraction of sp³-hybridized carbons (Fsp3) is 0.500. The lowest BCUT2D eigenvalue weighted by Crippen LogP contribution is -1.74. The van der Waals surface area contributed by atoms with Crippen LogP contribution in [0, 0.1) is 11.8 Å². The van der Waals surface area contributed by atoms with Crippen molar-refractivity contribution in [3.05, 3.63) is 24.3 Å². The molecule has 0 nitrogen and oxygen atoms in total. The van der Waals surface area contributed by atoms with Crippen molar-refractivity contribution in [1.29, 1.82) is 0 Å². The molecule has 0 spiro atoms. The third-order valence-electron chi connectivity index (χ3n) is 2.39. The largest absolute Gasteiger partial charge is 0.0992 e. The fourth-order valence-electron chi connectivity index (χ4n) is 1.77. The molecule has 2 aliphatic rings. The van der Waals surface area contributed by atoms with Crippen LogP contribution in [0.3, 0.4) is 0 Å². The second-order valence-corrected chi connectivity index (χ2v) is 2.86. The Kier molecular flexibility index (Phi) is 0.585. The maximum atomic E-state index is 3.97. The van der Waals surface area contributed by atoms with Gasteiger partial charge in [-0.05, 0) is 18.8 Å². The summed E-state index contributed by atoms with van der Waals surface area (Å²) in [5.74, 6) is 1.62. The summed E-state index contributed by atoms with van der Waals surface area (Å²) in [4.78, 5) is 0. The van der Waals surface area contributed by atoms with Crippen LogP contribution in [0.5, 0.6) is 0 Å². The first kappa shape index (κ1) is 4.37. The molecule has 0 aromatic heterocycles. The van der Waals surface area contributed by atoms with Gasteiger partial charge in [0.15, 0.2) is 0 Å². The topological polar surface area (TPSA) is 0 Å². The molecule has 0 heteroatoms. The number of allylic oxidation sites excluding steroid dienone is 2. The fourth-order valence-corrected chi connectivity index (χ4v) is 1.77. The van der Waals surface area contributed by atoms with Gasteiger partial charge in [0.1, 0.15) is 0 Å². The highest BCUT2D eigenvalue weighted by Gasteiger charge is 2.47. The van der Waals surface area contributed by atoms with Crippen LogP contribution < -0.4 is 0 Å². The van der Waals surface area contributed by atoms with E-state index in [1.807, 2.05) is 0 Å². The Bertz CT molecular complexity index is 165. The molecular weight excluding hydrogens is 96.1 g/mol. The molecule has 0 radical (unpaired) electrons. The maximum Gasteiger partial charge on any atom is 0.00704 e. The molecule has 0 heterocycles. The molecule has 0 aromatic carbocycles. The van der Waals surface area contributed by atoms with E-state index >= 15 is 0 Å². The SMILES string of the molecule is C=C1CC[C@H]2C(=C)[C@@H]12. The van der Waals surface area contributed by atoms with Crippen LogP contribution in [0.25, 0.3) is 0 Å². The minimum absolute atomic E-state index is 0.759. The molecule has 0 unspecified atom stereocenters. The summed E-state index contributed by atoms with van der Waals surface area (Å²) < 4.78 is 0. The first-order chi connectivity index (χ1) is 3.80. The Labute approximate surface area is 49.9 Å². The van der Waals surface area contributed by atoms with Crippen LogP contribution in [-0.4, -0.2) is 0 Å². The third kappa shape index (κ3) is 0.322. The summed E-state index contributed by atoms with van der Waals surface area (Å²) in [6.45, 7) is 7.91. The van der Waals surface area contributed by atoms with Crippen molar-refractivity contribution in [3.8, 4) is 0 Å². The lowest BCUT2D eigenvalue weighted by atomic mass is 10.1. The van der Waals surface area contributed by atoms with Crippen LogP contribution in [0.15, 0.2) is 24.3 Å². The zero-order valence-electron chi connectivity index (χ0n) is 4.98. The Morgan fingerprint density at radius 2 is 2.12 bits per heavy atom. The summed E-state index contributed by atoms with van der Waals surface area (Å²) >= 11 is 0. The quantitative estimate of drug-likeness (QED) is 0.415. The molecule has 2 atom stereocenters. The van der Waals surface area contributed by atoms with Crippen molar-refractivity contribution in [1.82, 2.24) is 0 Å². The number of hydrogen-bond acceptors (Lipinski definition) is 0. The Balaban J connectivity index is 2.29. The van der Waals surface area contributed by atoms with Crippen molar-refractivity contribution in [2.45, 2.75) is 12.8 Å². The van der Waals surface area contributed by atoms with E-state index in [0.717, 1.165) is 11.8 Å². The van der Waals surface area contributed by atoms with Crippen LogP contribution >= 0.6 is 0 Å². The van der Waals surface area contributed by atoms with Gasteiger partial charge in [-0.2, -0.15) is 0 Å². The lowest BCUT2D eigenvalue weighted by Gasteiger charge is -1.91. The van der Waals surface area contributed by atoms with E-state index in [2.05, 4.69) is 13.2 Å². The predicted molar refractivity (Wildman–Crippen MR) is 34.5 cm³/mol. The Morgan fingerprint density at radius 3 is 2.38 bits per heavy atom. The zero-order chi connectivity index (χ0) is 5.72. The molecule has 42 valence electrons. The van der Waals surface area contributed by atoms with Crippen molar-refractivity contribution < 1.29 is 0 Å². The van der Waals surface area contributed by atoms with Gasteiger partial charge < -0.3 is 0 Å². The summed E-state index contributed by atoms with van der Waals surface area (Å²) in [6.07, 6.45) is 2.59. The van der Waals surface area contributed by atoms with Crippen molar-refractivity contribution >= 4 is 0 Å². The predicted octanol–water partition coefficient (Wildman–Crippen LogP) is 2.14. The molecule has 0 N–H and O–H groups in total. The normalized spacial score (nSPS) is 42.5. The molecule has 2 aliphatic carbocycles. The van der Waals surface area contributed by atoms with Crippen molar-refractivity contribution in [2.75, 3.05) is 0 Å². The smallest absolute Gasteiger partial charge is 0.00704 e. The van der Waals surface area contributed by atoms with E-state index in [0.29, 0.717) is 0 Å². The van der Waals surface area contributed by atoms with Gasteiger partial charge in [-0.1, -0.05) is 24.3 Å². The van der Waals surface area contributed by atoms with Gasteiger partial charge in [-0.3, -0.25) is 0 Å². The summed E-state index contributed by atoms with van der Waals surface area (Å²) in [5.41, 5.74) is 2.88. The van der Waals surface area contributed by atoms with Gasteiger partial charge in [-0.15, -0.1) is 0 Å². The highest BCUT2D eigenvalue weighted by molar-refractivity contribution is 5.40. The van der Waals surface area contributed by atoms with E-state index in [-0.39, 0.29) is 0 Å². The monoisotopic (exact) mass is 106 g/mol. The van der Waals surface area contributed by atoms with Crippen LogP contribution in [0.2, 0.25) is 0 Å². The number of hydrogen-bond donors (Lipinski definition) is 0. The van der Waals surface area contributed by atoms with Gasteiger partial charge in [0.2, 0.25) is 0 Å². The first-order valence-electron chi connectivity index (χ1n) is 3.17. The lowest BCUT2D eigenvalue weighted by molar-refractivity contribution is 0.819. The minimum Gasteiger partial charge on any atom is -0.0992 e. The third-order valence-corrected chi connectivity index (χ3v) is 2.39. The minimum atomic E-state index is 0.759. The van der Waals surface area contributed by atoms with Gasteiger partial charge in [0.25, 0.3) is 0 Å². The molecule has 0 saturated heterocycles. The highest BCUT2D eigenvalue weighted by Crippen LogP contribution is 2.58. The van der Waals surface area contributed by atoms with Gasteiger partial charge in [0, 0.05) is 5.92 Å². The Hall–Kier alpha value is -0.520. The van der Waals surface area contributed by atoms with Gasteiger partial charge >= 0.3 is 0 Å². The molecule has 0 aromatic rings. The van der Waals surface area contributed by atoms with Crippen molar-refractivity contribution in [3.63, 3.8) is 0 Å². The van der Waals surface area contributed by atoms with Crippen molar-refractivity contribution in [2.24, 2.45) is 11.8 Å². The average Bonchev–Trinajstić information content (AvgIpc) is 2.13. The summed E-state index contributed by atoms with van der Waals surface area (Å²) in [7, 11) is 0. The van der Waals surface area contributed by atoms with E-state index < -0.39 is 0 Å². The van der Waals surface area contributed by atoms with Crippen LogP contribution in [0.4, 0.5) is 0 Å². The standard InChI is InChI=1S/C8H10/c1-5-3-4-7-6(2)8(5)7/h7-8H,1-4H2/t7-,8+/m0/s1. The Morgan fingerprint density at radius 1 is 1.38 bits per heavy atom. The zero-order valence-corrected chi connectivity index (χ0v) is 4.98. The second kappa shape index (κ2) is 1.07. The number of fused-ring (bicyclic) bond motifs is 1. The molecule has 8 heavy (non-hydrogen) atoms. The van der Waals surface area contributed by atoms with Crippen LogP contribution in [-0.2, 0) is 0 Å². The van der Waals surface area contributed by atoms with E-state index in [4.69, 9.17) is 0 Å². The molecule has 2 rings (SSSR count). The number of rotatable bonds is 0. The second-order valence-electron chi connectivity index (χ2n) is 2.86. The van der Waals surface area contributed by atoms with Gasteiger partial charge in [-0.25, -0.2) is 0 Å². The molecule has 0 aliphatic heterocycles. The van der Waals surface area contributed by atoms with Gasteiger partial charge in [0.05, 0.1) is 0 Å². The average molecular weight is 106 g/mol. The molecular formula is C8H10. The summed E-state index contributed by atoms with van der Waals surface area (Å²) in [6, 6.07) is 0. The van der Waals surface area contributed by atoms with E-state index in [9.17, 15) is 0 Å². The molecule has 2 saturated carbocycles. The molecule has 2 fully saturated rings.